The summed E-state index contributed by atoms with van der Waals surface area (Å²) in [5.74, 6) is -1.11. The number of allylic oxidation sites excluding steroid dienone is 4. The molecule has 6 unspecified atom stereocenters. The summed E-state index contributed by atoms with van der Waals surface area (Å²) in [6, 6.07) is 0. The predicted octanol–water partition coefficient (Wildman–Crippen LogP) is 10.0. The van der Waals surface area contributed by atoms with Crippen LogP contribution in [-0.2, 0) is 32.7 Å². The fourth-order valence-corrected chi connectivity index (χ4v) is 8.49. The van der Waals surface area contributed by atoms with E-state index in [-0.39, 0.29) is 12.8 Å². The molecule has 8 atom stereocenters. The van der Waals surface area contributed by atoms with Gasteiger partial charge in [0.05, 0.1) is 6.61 Å². The molecule has 13 nitrogen and oxygen atoms in total. The fraction of sp³-hybridized carbons (Fsp3) is 0.875. The third-order valence-electron chi connectivity index (χ3n) is 11.5. The number of esters is 2. The van der Waals surface area contributed by atoms with E-state index in [0.29, 0.717) is 12.8 Å². The molecule has 1 saturated carbocycles. The van der Waals surface area contributed by atoms with Gasteiger partial charge < -0.3 is 39.9 Å². The van der Waals surface area contributed by atoms with Gasteiger partial charge in [-0.2, -0.15) is 0 Å². The summed E-state index contributed by atoms with van der Waals surface area (Å²) >= 11 is 0. The van der Waals surface area contributed by atoms with Crippen molar-refractivity contribution in [3.63, 3.8) is 0 Å². The average Bonchev–Trinajstić information content (AvgIpc) is 3.25. The van der Waals surface area contributed by atoms with Crippen LogP contribution in [0.4, 0.5) is 0 Å². The van der Waals surface area contributed by atoms with E-state index in [0.717, 1.165) is 70.6 Å². The van der Waals surface area contributed by atoms with Gasteiger partial charge in [-0.25, -0.2) is 4.57 Å². The van der Waals surface area contributed by atoms with Crippen molar-refractivity contribution in [2.75, 3.05) is 13.2 Å². The van der Waals surface area contributed by atoms with E-state index in [1.807, 2.05) is 0 Å². The molecule has 0 aromatic carbocycles. The lowest BCUT2D eigenvalue weighted by Crippen LogP contribution is -2.64. The molecule has 1 aliphatic carbocycles. The minimum absolute atomic E-state index is 0.0876. The summed E-state index contributed by atoms with van der Waals surface area (Å²) in [6.07, 6.45) is 29.4. The topological polar surface area (TPSA) is 210 Å². The predicted molar refractivity (Wildman–Crippen MR) is 244 cm³/mol. The van der Waals surface area contributed by atoms with E-state index in [1.54, 1.807) is 0 Å². The van der Waals surface area contributed by atoms with Crippen LogP contribution in [0.15, 0.2) is 24.3 Å². The molecular formula is C48H89O13P. The van der Waals surface area contributed by atoms with E-state index < -0.39 is 75.7 Å². The first kappa shape index (κ1) is 58.3. The molecule has 1 fully saturated rings. The van der Waals surface area contributed by atoms with Gasteiger partial charge in [-0.05, 0) is 64.2 Å². The van der Waals surface area contributed by atoms with Crippen LogP contribution in [0.2, 0.25) is 0 Å². The van der Waals surface area contributed by atoms with Gasteiger partial charge in [0, 0.05) is 12.8 Å². The van der Waals surface area contributed by atoms with Crippen LogP contribution in [0.25, 0.3) is 0 Å². The van der Waals surface area contributed by atoms with E-state index in [9.17, 15) is 44.6 Å². The third kappa shape index (κ3) is 30.5. The van der Waals surface area contributed by atoms with Gasteiger partial charge in [0.2, 0.25) is 0 Å². The van der Waals surface area contributed by atoms with Crippen LogP contribution in [0.3, 0.4) is 0 Å². The summed E-state index contributed by atoms with van der Waals surface area (Å²) in [7, 11) is -5.12. The Labute approximate surface area is 375 Å². The fourth-order valence-electron chi connectivity index (χ4n) is 7.51. The van der Waals surface area contributed by atoms with Crippen LogP contribution >= 0.6 is 7.82 Å². The summed E-state index contributed by atoms with van der Waals surface area (Å²) in [5, 5.41) is 50.2. The molecule has 1 aliphatic rings. The number of ether oxygens (including phenoxy) is 2. The first-order valence-electron chi connectivity index (χ1n) is 24.6. The van der Waals surface area contributed by atoms with Gasteiger partial charge >= 0.3 is 19.8 Å². The maximum Gasteiger partial charge on any atom is 0.472 e. The second-order valence-electron chi connectivity index (χ2n) is 17.3. The highest BCUT2D eigenvalue weighted by Gasteiger charge is 2.51. The Hall–Kier alpha value is -1.67. The lowest BCUT2D eigenvalue weighted by molar-refractivity contribution is -0.220. The zero-order valence-corrected chi connectivity index (χ0v) is 39.6. The Morgan fingerprint density at radius 1 is 0.484 bits per heavy atom. The number of hydrogen-bond donors (Lipinski definition) is 6. The maximum absolute atomic E-state index is 12.8. The molecule has 0 amide bonds. The van der Waals surface area contributed by atoms with Gasteiger partial charge in [-0.3, -0.25) is 18.6 Å². The van der Waals surface area contributed by atoms with E-state index >= 15 is 0 Å². The zero-order valence-electron chi connectivity index (χ0n) is 38.7. The highest BCUT2D eigenvalue weighted by molar-refractivity contribution is 7.47. The minimum atomic E-state index is -5.12. The molecule has 62 heavy (non-hydrogen) atoms. The Morgan fingerprint density at radius 2 is 0.823 bits per heavy atom. The number of phosphoric acid groups is 1. The van der Waals surface area contributed by atoms with Crippen LogP contribution in [0.1, 0.15) is 213 Å². The number of phosphoric ester groups is 1. The van der Waals surface area contributed by atoms with Crippen molar-refractivity contribution in [2.45, 2.75) is 256 Å². The van der Waals surface area contributed by atoms with Gasteiger partial charge in [0.1, 0.15) is 43.2 Å². The third-order valence-corrected chi connectivity index (χ3v) is 12.5. The Balaban J connectivity index is 2.41. The SMILES string of the molecule is CCCCCCC/C=C\CCCCCCCC(=O)O[C@H](COC(=O)CCCCCCCCC/C=C\CCCCCCCCCC)COP(=O)(O)OC1C(O)C(O)C(O)[C@@H](O)C1O. The van der Waals surface area contributed by atoms with Gasteiger partial charge in [0.25, 0.3) is 0 Å². The minimum Gasteiger partial charge on any atom is -0.462 e. The Kier molecular flexibility index (Phi) is 36.3. The highest BCUT2D eigenvalue weighted by Crippen LogP contribution is 2.47. The highest BCUT2D eigenvalue weighted by atomic mass is 31.2. The van der Waals surface area contributed by atoms with Gasteiger partial charge in [-0.1, -0.05) is 160 Å². The largest absolute Gasteiger partial charge is 0.472 e. The van der Waals surface area contributed by atoms with Crippen LogP contribution in [0.5, 0.6) is 0 Å². The van der Waals surface area contributed by atoms with Crippen molar-refractivity contribution in [3.05, 3.63) is 24.3 Å². The second kappa shape index (κ2) is 38.6. The molecule has 0 bridgehead atoms. The monoisotopic (exact) mass is 905 g/mol. The summed E-state index contributed by atoms with van der Waals surface area (Å²) in [5.41, 5.74) is 0. The van der Waals surface area contributed by atoms with Crippen molar-refractivity contribution in [3.8, 4) is 0 Å². The summed E-state index contributed by atoms with van der Waals surface area (Å²) < 4.78 is 33.6. The zero-order chi connectivity index (χ0) is 45.7. The molecule has 0 aromatic rings. The van der Waals surface area contributed by atoms with Crippen molar-refractivity contribution in [1.82, 2.24) is 0 Å². The number of carbonyl (C=O) groups excluding carboxylic acids is 2. The van der Waals surface area contributed by atoms with Crippen LogP contribution in [-0.4, -0.2) is 98.3 Å². The lowest BCUT2D eigenvalue weighted by Gasteiger charge is -2.41. The lowest BCUT2D eigenvalue weighted by atomic mass is 9.85. The van der Waals surface area contributed by atoms with E-state index in [1.165, 1.54) is 103 Å². The van der Waals surface area contributed by atoms with Crippen LogP contribution < -0.4 is 0 Å². The van der Waals surface area contributed by atoms with Crippen LogP contribution in [0, 0.1) is 0 Å². The summed E-state index contributed by atoms with van der Waals surface area (Å²) in [4.78, 5) is 35.7. The smallest absolute Gasteiger partial charge is 0.462 e. The first-order chi connectivity index (χ1) is 29.9. The van der Waals surface area contributed by atoms with Crippen molar-refractivity contribution in [2.24, 2.45) is 0 Å². The first-order valence-corrected chi connectivity index (χ1v) is 26.1. The number of rotatable bonds is 41. The van der Waals surface area contributed by atoms with Gasteiger partial charge in [-0.15, -0.1) is 0 Å². The molecule has 14 heteroatoms. The molecule has 0 aliphatic heterocycles. The standard InChI is InChI=1S/C48H89O13P/c1-3-5-7-9-11-13-15-17-19-20-21-22-23-25-26-28-30-32-34-36-41(49)58-38-40(39-59-62(56,57)61-48-46(54)44(52)43(51)45(53)47(48)55)60-42(50)37-35-33-31-29-27-24-18-16-14-12-10-8-6-4-2/h16,18,20-21,40,43-48,51-55H,3-15,17,19,22-39H2,1-2H3,(H,56,57)/b18-16-,21-20-/t40-,43?,44-,45?,46?,47?,48?/m1/s1. The normalized spacial score (nSPS) is 22.0. The molecule has 0 heterocycles. The molecule has 364 valence electrons. The maximum atomic E-state index is 12.8. The quantitative estimate of drug-likeness (QED) is 0.0146. The van der Waals surface area contributed by atoms with Crippen molar-refractivity contribution >= 4 is 19.8 Å². The number of carbonyl (C=O) groups is 2. The molecule has 0 spiro atoms. The Bertz CT molecular complexity index is 1180. The van der Waals surface area contributed by atoms with E-state index in [2.05, 4.69) is 38.2 Å². The van der Waals surface area contributed by atoms with Crippen molar-refractivity contribution < 1.29 is 63.1 Å². The molecule has 6 N–H and O–H groups in total. The molecule has 0 saturated heterocycles. The average molecular weight is 905 g/mol. The molecular weight excluding hydrogens is 815 g/mol. The number of unbranched alkanes of at least 4 members (excludes halogenated alkanes) is 25. The number of aliphatic hydroxyl groups is 5. The number of aliphatic hydroxyl groups excluding tert-OH is 5. The van der Waals surface area contributed by atoms with Gasteiger partial charge in [0.15, 0.2) is 6.10 Å². The molecule has 0 aromatic heterocycles. The molecule has 1 rings (SSSR count). The van der Waals surface area contributed by atoms with Crippen molar-refractivity contribution in [1.29, 1.82) is 0 Å². The number of hydrogen-bond acceptors (Lipinski definition) is 12. The second-order valence-corrected chi connectivity index (χ2v) is 18.7. The Morgan fingerprint density at radius 3 is 1.23 bits per heavy atom. The summed E-state index contributed by atoms with van der Waals surface area (Å²) in [6.45, 7) is 3.29. The molecule has 0 radical (unpaired) electrons. The van der Waals surface area contributed by atoms with E-state index in [4.69, 9.17) is 18.5 Å².